The number of aromatic nitrogens is 3. The highest BCUT2D eigenvalue weighted by Gasteiger charge is 2.35. The van der Waals surface area contributed by atoms with Crippen LogP contribution in [0.1, 0.15) is 48.8 Å². The van der Waals surface area contributed by atoms with Gasteiger partial charge in [-0.15, -0.1) is 0 Å². The van der Waals surface area contributed by atoms with Crippen molar-refractivity contribution in [1.29, 1.82) is 0 Å². The van der Waals surface area contributed by atoms with Crippen LogP contribution in [-0.2, 0) is 16.1 Å². The molecule has 0 saturated heterocycles. The highest BCUT2D eigenvalue weighted by Crippen LogP contribution is 2.41. The molecule has 0 aliphatic carbocycles. The Hall–Kier alpha value is -4.93. The van der Waals surface area contributed by atoms with Gasteiger partial charge in [0.15, 0.2) is 17.1 Å². The van der Waals surface area contributed by atoms with Crippen molar-refractivity contribution in [3.05, 3.63) is 84.0 Å². The van der Waals surface area contributed by atoms with Crippen molar-refractivity contribution in [3.63, 3.8) is 0 Å². The number of aromatic amines is 1. The first-order chi connectivity index (χ1) is 19.1. The fourth-order valence-corrected chi connectivity index (χ4v) is 4.18. The van der Waals surface area contributed by atoms with Crippen LogP contribution in [0, 0.1) is 11.2 Å². The van der Waals surface area contributed by atoms with Crippen LogP contribution in [-0.4, -0.2) is 34.1 Å². The Balaban J connectivity index is 1.55. The zero-order valence-corrected chi connectivity index (χ0v) is 22.3. The molecule has 5 rings (SSSR count). The molecule has 0 saturated carbocycles. The van der Waals surface area contributed by atoms with Gasteiger partial charge in [0.25, 0.3) is 0 Å². The second-order valence-corrected chi connectivity index (χ2v) is 10.2. The molecule has 0 fully saturated rings. The number of oxazole rings is 2. The van der Waals surface area contributed by atoms with Crippen molar-refractivity contribution in [1.82, 2.24) is 20.3 Å². The second kappa shape index (κ2) is 10.7. The fourth-order valence-electron chi connectivity index (χ4n) is 4.18. The van der Waals surface area contributed by atoms with E-state index in [1.165, 1.54) is 19.2 Å². The highest BCUT2D eigenvalue weighted by molar-refractivity contribution is 5.97. The number of hydrogen-bond donors (Lipinski definition) is 2. The van der Waals surface area contributed by atoms with Crippen LogP contribution in [0.3, 0.4) is 0 Å². The van der Waals surface area contributed by atoms with Crippen molar-refractivity contribution in [2.75, 3.05) is 7.11 Å². The number of carbonyl (C=O) groups is 2. The van der Waals surface area contributed by atoms with E-state index in [0.29, 0.717) is 16.5 Å². The van der Waals surface area contributed by atoms with E-state index in [-0.39, 0.29) is 35.5 Å². The average Bonchev–Trinajstić information content (AvgIpc) is 3.68. The van der Waals surface area contributed by atoms with Gasteiger partial charge in [-0.25, -0.2) is 23.9 Å². The lowest BCUT2D eigenvalue weighted by Gasteiger charge is -2.28. The maximum absolute atomic E-state index is 14.2. The van der Waals surface area contributed by atoms with E-state index < -0.39 is 29.3 Å². The largest absolute Gasteiger partial charge is 0.464 e. The zero-order valence-electron chi connectivity index (χ0n) is 22.3. The van der Waals surface area contributed by atoms with Gasteiger partial charge >= 0.3 is 12.1 Å². The maximum atomic E-state index is 14.2. The number of halogens is 1. The topological polar surface area (TPSA) is 132 Å². The summed E-state index contributed by atoms with van der Waals surface area (Å²) in [7, 11) is 1.23. The summed E-state index contributed by atoms with van der Waals surface area (Å²) in [6, 6.07) is 12.9. The van der Waals surface area contributed by atoms with Crippen LogP contribution >= 0.6 is 0 Å². The number of H-pyrrole nitrogens is 1. The third-order valence-electron chi connectivity index (χ3n) is 6.22. The maximum Gasteiger partial charge on any atom is 0.408 e. The molecule has 3 heterocycles. The minimum absolute atomic E-state index is 0.0181. The number of amides is 1. The first kappa shape index (κ1) is 26.7. The molecule has 1 amide bonds. The lowest BCUT2D eigenvalue weighted by molar-refractivity contribution is 0.0594. The lowest BCUT2D eigenvalue weighted by atomic mass is 9.87. The zero-order chi connectivity index (χ0) is 28.4. The van der Waals surface area contributed by atoms with Crippen LogP contribution in [0.5, 0.6) is 0 Å². The third-order valence-corrected chi connectivity index (χ3v) is 6.22. The first-order valence-corrected chi connectivity index (χ1v) is 12.4. The molecular weight excluding hydrogens is 519 g/mol. The molecular formula is C29H27FN4O6. The predicted molar refractivity (Wildman–Crippen MR) is 143 cm³/mol. The van der Waals surface area contributed by atoms with Gasteiger partial charge in [-0.1, -0.05) is 51.1 Å². The number of esters is 1. The van der Waals surface area contributed by atoms with Gasteiger partial charge in [0, 0.05) is 22.7 Å². The summed E-state index contributed by atoms with van der Waals surface area (Å²) in [4.78, 5) is 36.8. The normalized spacial score (nSPS) is 12.3. The number of nitrogens with one attached hydrogen (secondary N) is 2. The lowest BCUT2D eigenvalue weighted by Crippen LogP contribution is -2.37. The second-order valence-electron chi connectivity index (χ2n) is 10.2. The Morgan fingerprint density at radius 2 is 1.90 bits per heavy atom. The van der Waals surface area contributed by atoms with E-state index in [9.17, 15) is 14.0 Å². The van der Waals surface area contributed by atoms with E-state index in [4.69, 9.17) is 18.3 Å². The molecule has 1 atom stereocenters. The number of hydrogen-bond acceptors (Lipinski definition) is 8. The molecule has 0 spiro atoms. The SMILES string of the molecule is COC(=O)c1coc(-c2nc([C@@H](NC(=O)OCc3ccccc3)C(C)(C)C)oc2-c2c[nH]c3ccc(F)cc23)n1. The molecule has 40 heavy (non-hydrogen) atoms. The van der Waals surface area contributed by atoms with Gasteiger partial charge in [0.1, 0.15) is 24.7 Å². The predicted octanol–water partition coefficient (Wildman–Crippen LogP) is 6.42. The Kier molecular flexibility index (Phi) is 7.12. The summed E-state index contributed by atoms with van der Waals surface area (Å²) in [5, 5.41) is 3.38. The molecule has 11 heteroatoms. The van der Waals surface area contributed by atoms with Gasteiger partial charge in [-0.2, -0.15) is 0 Å². The van der Waals surface area contributed by atoms with Gasteiger partial charge in [0.2, 0.25) is 11.8 Å². The summed E-state index contributed by atoms with van der Waals surface area (Å²) in [5.41, 5.74) is 1.50. The minimum atomic E-state index is -0.750. The molecule has 206 valence electrons. The van der Waals surface area contributed by atoms with Gasteiger partial charge in [0.05, 0.1) is 7.11 Å². The van der Waals surface area contributed by atoms with Gasteiger partial charge in [-0.05, 0) is 29.2 Å². The van der Waals surface area contributed by atoms with E-state index in [0.717, 1.165) is 11.8 Å². The summed E-state index contributed by atoms with van der Waals surface area (Å²) in [5.74, 6) is -0.800. The van der Waals surface area contributed by atoms with E-state index in [1.54, 1.807) is 12.3 Å². The standard InChI is InChI=1S/C29H27FN4O6/c1-29(2,3)24(34-28(36)39-14-16-8-6-5-7-9-16)26-33-22(25-32-21(15-38-25)27(35)37-4)23(40-26)19-13-31-20-11-10-17(30)12-18(19)20/h5-13,15,24,31H,14H2,1-4H3,(H,34,36)/t24-/m1/s1. The number of carbonyl (C=O) groups excluding carboxylic acids is 2. The smallest absolute Gasteiger partial charge is 0.408 e. The Morgan fingerprint density at radius 3 is 2.62 bits per heavy atom. The molecule has 0 bridgehead atoms. The van der Waals surface area contributed by atoms with Crippen LogP contribution < -0.4 is 5.32 Å². The van der Waals surface area contributed by atoms with Crippen LogP contribution in [0.4, 0.5) is 9.18 Å². The number of rotatable bonds is 7. The Bertz CT molecular complexity index is 1660. The van der Waals surface area contributed by atoms with Gasteiger partial charge in [-0.3, -0.25) is 0 Å². The molecule has 2 aromatic carbocycles. The number of alkyl carbamates (subject to hydrolysis) is 1. The number of nitrogens with zero attached hydrogens (tertiary/aromatic N) is 2. The monoisotopic (exact) mass is 546 g/mol. The Morgan fingerprint density at radius 1 is 1.12 bits per heavy atom. The van der Waals surface area contributed by atoms with Crippen LogP contribution in [0.15, 0.2) is 69.8 Å². The van der Waals surface area contributed by atoms with Crippen molar-refractivity contribution >= 4 is 23.0 Å². The summed E-state index contributed by atoms with van der Waals surface area (Å²) >= 11 is 0. The van der Waals surface area contributed by atoms with Crippen LogP contribution in [0.25, 0.3) is 33.8 Å². The molecule has 3 aromatic heterocycles. The molecule has 0 aliphatic rings. The molecule has 0 unspecified atom stereocenters. The van der Waals surface area contributed by atoms with Crippen molar-refractivity contribution in [3.8, 4) is 22.9 Å². The number of fused-ring (bicyclic) bond motifs is 1. The molecule has 0 radical (unpaired) electrons. The van der Waals surface area contributed by atoms with E-state index >= 15 is 0 Å². The molecule has 2 N–H and O–H groups in total. The van der Waals surface area contributed by atoms with Crippen molar-refractivity contribution in [2.45, 2.75) is 33.4 Å². The van der Waals surface area contributed by atoms with E-state index in [1.807, 2.05) is 51.1 Å². The van der Waals surface area contributed by atoms with Crippen molar-refractivity contribution < 1.29 is 32.3 Å². The molecule has 0 aliphatic heterocycles. The number of methoxy groups -OCH3 is 1. The number of ether oxygens (including phenoxy) is 2. The third kappa shape index (κ3) is 5.44. The quantitative estimate of drug-likeness (QED) is 0.224. The van der Waals surface area contributed by atoms with Crippen molar-refractivity contribution in [2.24, 2.45) is 5.41 Å². The summed E-state index contributed by atoms with van der Waals surface area (Å²) in [6.07, 6.45) is 2.13. The summed E-state index contributed by atoms with van der Waals surface area (Å²) in [6.45, 7) is 5.79. The van der Waals surface area contributed by atoms with E-state index in [2.05, 4.69) is 20.3 Å². The number of benzene rings is 2. The fraction of sp³-hybridized carbons (Fsp3) is 0.241. The average molecular weight is 547 g/mol. The molecule has 5 aromatic rings. The first-order valence-electron chi connectivity index (χ1n) is 12.4. The summed E-state index contributed by atoms with van der Waals surface area (Å²) < 4.78 is 36.2. The molecule has 10 nitrogen and oxygen atoms in total. The Labute approximate surface area is 228 Å². The highest BCUT2D eigenvalue weighted by atomic mass is 19.1. The van der Waals surface area contributed by atoms with Crippen LogP contribution in [0.2, 0.25) is 0 Å². The minimum Gasteiger partial charge on any atom is -0.464 e. The van der Waals surface area contributed by atoms with Gasteiger partial charge < -0.3 is 28.6 Å².